The number of carbonyl (C=O) groups is 1. The number of methoxy groups -OCH3 is 1. The van der Waals surface area contributed by atoms with Crippen LogP contribution in [0.2, 0.25) is 0 Å². The third-order valence-electron chi connectivity index (χ3n) is 2.49. The molecule has 1 aromatic carbocycles. The van der Waals surface area contributed by atoms with Gasteiger partial charge in [0.05, 0.1) is 19.1 Å². The molecule has 18 heavy (non-hydrogen) atoms. The zero-order valence-corrected chi connectivity index (χ0v) is 11.1. The van der Waals surface area contributed by atoms with Crippen molar-refractivity contribution < 1.29 is 23.1 Å². The fourth-order valence-electron chi connectivity index (χ4n) is 1.31. The highest BCUT2D eigenvalue weighted by atomic mass is 32.2. The molecule has 6 nitrogen and oxygen atoms in total. The summed E-state index contributed by atoms with van der Waals surface area (Å²) in [6.07, 6.45) is -0.280. The summed E-state index contributed by atoms with van der Waals surface area (Å²) >= 11 is 0. The number of sulfonamides is 1. The second-order valence-electron chi connectivity index (χ2n) is 3.75. The molecule has 0 heterocycles. The van der Waals surface area contributed by atoms with Gasteiger partial charge in [-0.3, -0.25) is 4.31 Å². The lowest BCUT2D eigenvalue weighted by molar-refractivity contribution is -0.150. The molecule has 0 aliphatic rings. The van der Waals surface area contributed by atoms with Gasteiger partial charge < -0.3 is 9.84 Å². The van der Waals surface area contributed by atoms with Crippen LogP contribution < -0.4 is 4.31 Å². The number of aliphatic hydroxyl groups excluding tert-OH is 1. The molecule has 0 spiro atoms. The van der Waals surface area contributed by atoms with Crippen molar-refractivity contribution in [3.63, 3.8) is 0 Å². The van der Waals surface area contributed by atoms with Crippen LogP contribution in [0.5, 0.6) is 0 Å². The molecule has 0 saturated heterocycles. The van der Waals surface area contributed by atoms with Crippen LogP contribution in [0.15, 0.2) is 24.3 Å². The first-order valence-electron chi connectivity index (χ1n) is 5.07. The topological polar surface area (TPSA) is 83.9 Å². The largest absolute Gasteiger partial charge is 0.467 e. The Labute approximate surface area is 106 Å². The van der Waals surface area contributed by atoms with Gasteiger partial charge in [0, 0.05) is 7.05 Å². The van der Waals surface area contributed by atoms with E-state index in [1.807, 2.05) is 0 Å². The van der Waals surface area contributed by atoms with Crippen molar-refractivity contribution in [2.24, 2.45) is 0 Å². The van der Waals surface area contributed by atoms with E-state index in [4.69, 9.17) is 0 Å². The number of ether oxygens (including phenoxy) is 1. The Morgan fingerprint density at radius 3 is 2.22 bits per heavy atom. The Hall–Kier alpha value is -1.60. The van der Waals surface area contributed by atoms with Crippen LogP contribution in [0.1, 0.15) is 11.7 Å². The van der Waals surface area contributed by atoms with E-state index < -0.39 is 22.1 Å². The van der Waals surface area contributed by atoms with Gasteiger partial charge in [0.15, 0.2) is 6.10 Å². The lowest BCUT2D eigenvalue weighted by Gasteiger charge is -2.17. The van der Waals surface area contributed by atoms with E-state index in [1.54, 1.807) is 0 Å². The smallest absolute Gasteiger partial charge is 0.339 e. The van der Waals surface area contributed by atoms with E-state index in [2.05, 4.69) is 4.74 Å². The maximum Gasteiger partial charge on any atom is 0.339 e. The average molecular weight is 273 g/mol. The summed E-state index contributed by atoms with van der Waals surface area (Å²) in [5.74, 6) is -0.765. The number of anilines is 1. The molecule has 100 valence electrons. The monoisotopic (exact) mass is 273 g/mol. The fraction of sp³-hybridized carbons (Fsp3) is 0.364. The van der Waals surface area contributed by atoms with E-state index in [-0.39, 0.29) is 0 Å². The summed E-state index contributed by atoms with van der Waals surface area (Å²) in [7, 11) is -0.735. The number of benzene rings is 1. The van der Waals surface area contributed by atoms with E-state index in [0.29, 0.717) is 11.3 Å². The van der Waals surface area contributed by atoms with Gasteiger partial charge in [0.1, 0.15) is 0 Å². The maximum atomic E-state index is 11.3. The molecule has 0 aromatic heterocycles. The minimum atomic E-state index is -3.33. The second-order valence-corrected chi connectivity index (χ2v) is 5.76. The summed E-state index contributed by atoms with van der Waals surface area (Å²) in [6.45, 7) is 0. The van der Waals surface area contributed by atoms with Crippen molar-refractivity contribution in [1.29, 1.82) is 0 Å². The standard InChI is InChI=1S/C11H15NO5S/c1-12(18(3,15)16)9-6-4-8(5-7-9)10(13)11(14)17-2/h4-7,10,13H,1-3H3. The number of esters is 1. The molecular weight excluding hydrogens is 258 g/mol. The lowest BCUT2D eigenvalue weighted by atomic mass is 10.1. The summed E-state index contributed by atoms with van der Waals surface area (Å²) in [6, 6.07) is 5.95. The molecule has 1 atom stereocenters. The molecule has 0 bridgehead atoms. The average Bonchev–Trinajstić information content (AvgIpc) is 2.35. The number of hydrogen-bond donors (Lipinski definition) is 1. The van der Waals surface area contributed by atoms with Crippen LogP contribution in [0, 0.1) is 0 Å². The van der Waals surface area contributed by atoms with Gasteiger partial charge >= 0.3 is 5.97 Å². The maximum absolute atomic E-state index is 11.3. The zero-order valence-electron chi connectivity index (χ0n) is 10.3. The molecule has 7 heteroatoms. The predicted octanol–water partition coefficient (Wildman–Crippen LogP) is 0.289. The van der Waals surface area contributed by atoms with Crippen LogP contribution in [0.4, 0.5) is 5.69 Å². The quantitative estimate of drug-likeness (QED) is 0.797. The highest BCUT2D eigenvalue weighted by molar-refractivity contribution is 7.92. The van der Waals surface area contributed by atoms with Crippen LogP contribution in [-0.2, 0) is 19.6 Å². The first-order chi connectivity index (χ1) is 8.27. The third kappa shape index (κ3) is 3.21. The minimum Gasteiger partial charge on any atom is -0.467 e. The van der Waals surface area contributed by atoms with Crippen molar-refractivity contribution in [1.82, 2.24) is 0 Å². The highest BCUT2D eigenvalue weighted by Gasteiger charge is 2.18. The molecule has 0 saturated carbocycles. The Bertz CT molecular complexity index is 523. The molecular formula is C11H15NO5S. The van der Waals surface area contributed by atoms with Crippen LogP contribution in [0.25, 0.3) is 0 Å². The third-order valence-corrected chi connectivity index (χ3v) is 3.70. The number of hydrogen-bond acceptors (Lipinski definition) is 5. The zero-order chi connectivity index (χ0) is 13.9. The fourth-order valence-corrected chi connectivity index (χ4v) is 1.81. The normalized spacial score (nSPS) is 12.9. The Morgan fingerprint density at radius 2 is 1.83 bits per heavy atom. The van der Waals surface area contributed by atoms with Crippen molar-refractivity contribution in [3.8, 4) is 0 Å². The molecule has 0 amide bonds. The number of carbonyl (C=O) groups excluding carboxylic acids is 1. The Balaban J connectivity index is 2.97. The van der Waals surface area contributed by atoms with E-state index >= 15 is 0 Å². The van der Waals surface area contributed by atoms with E-state index in [9.17, 15) is 18.3 Å². The molecule has 1 aromatic rings. The van der Waals surface area contributed by atoms with Gasteiger partial charge in [-0.25, -0.2) is 13.2 Å². The van der Waals surface area contributed by atoms with E-state index in [1.165, 1.54) is 38.4 Å². The summed E-state index contributed by atoms with van der Waals surface area (Å²) in [5, 5.41) is 9.57. The molecule has 0 radical (unpaired) electrons. The van der Waals surface area contributed by atoms with Crippen LogP contribution >= 0.6 is 0 Å². The number of nitrogens with zero attached hydrogens (tertiary/aromatic N) is 1. The van der Waals surface area contributed by atoms with Gasteiger partial charge in [0.2, 0.25) is 10.0 Å². The summed E-state index contributed by atoms with van der Waals surface area (Å²) in [5.41, 5.74) is 0.783. The van der Waals surface area contributed by atoms with Gasteiger partial charge in [-0.2, -0.15) is 0 Å². The van der Waals surface area contributed by atoms with Crippen molar-refractivity contribution in [2.75, 3.05) is 24.7 Å². The van der Waals surface area contributed by atoms with Gasteiger partial charge in [0.25, 0.3) is 0 Å². The molecule has 0 aliphatic carbocycles. The molecule has 1 unspecified atom stereocenters. The highest BCUT2D eigenvalue weighted by Crippen LogP contribution is 2.20. The van der Waals surface area contributed by atoms with Crippen molar-refractivity contribution >= 4 is 21.7 Å². The molecule has 0 fully saturated rings. The number of aliphatic hydroxyl groups is 1. The summed E-state index contributed by atoms with van der Waals surface area (Å²) < 4.78 is 28.1. The van der Waals surface area contributed by atoms with Crippen LogP contribution in [-0.4, -0.2) is 39.9 Å². The van der Waals surface area contributed by atoms with Gasteiger partial charge in [-0.05, 0) is 17.7 Å². The Morgan fingerprint density at radius 1 is 1.33 bits per heavy atom. The van der Waals surface area contributed by atoms with Gasteiger partial charge in [-0.15, -0.1) is 0 Å². The minimum absolute atomic E-state index is 0.340. The first kappa shape index (κ1) is 14.5. The summed E-state index contributed by atoms with van der Waals surface area (Å²) in [4.78, 5) is 11.1. The number of rotatable bonds is 4. The van der Waals surface area contributed by atoms with Crippen LogP contribution in [0.3, 0.4) is 0 Å². The second kappa shape index (κ2) is 5.36. The SMILES string of the molecule is COC(=O)C(O)c1ccc(N(C)S(C)(=O)=O)cc1. The first-order valence-corrected chi connectivity index (χ1v) is 6.92. The van der Waals surface area contributed by atoms with E-state index in [0.717, 1.165) is 10.6 Å². The molecule has 0 aliphatic heterocycles. The lowest BCUT2D eigenvalue weighted by Crippen LogP contribution is -2.24. The molecule has 1 N–H and O–H groups in total. The predicted molar refractivity (Wildman–Crippen MR) is 66.7 cm³/mol. The molecule has 1 rings (SSSR count). The Kier molecular flexibility index (Phi) is 4.31. The van der Waals surface area contributed by atoms with Gasteiger partial charge in [-0.1, -0.05) is 12.1 Å². The van der Waals surface area contributed by atoms with Crippen molar-refractivity contribution in [2.45, 2.75) is 6.10 Å². The van der Waals surface area contributed by atoms with Crippen molar-refractivity contribution in [3.05, 3.63) is 29.8 Å².